The molecule has 3 rings (SSSR count). The van der Waals surface area contributed by atoms with Crippen molar-refractivity contribution in [3.05, 3.63) is 76.8 Å². The highest BCUT2D eigenvalue weighted by Gasteiger charge is 2.10. The Morgan fingerprint density at radius 1 is 0.913 bits per heavy atom. The molecule has 5 heteroatoms. The Labute approximate surface area is 138 Å². The summed E-state index contributed by atoms with van der Waals surface area (Å²) in [6.45, 7) is 2.02. The number of halogens is 1. The normalized spacial score (nSPS) is 10.3. The van der Waals surface area contributed by atoms with Gasteiger partial charge in [0.2, 0.25) is 5.88 Å². The van der Waals surface area contributed by atoms with Gasteiger partial charge in [-0.25, -0.2) is 4.79 Å². The van der Waals surface area contributed by atoms with Gasteiger partial charge >= 0.3 is 5.97 Å². The van der Waals surface area contributed by atoms with E-state index in [0.717, 1.165) is 11.3 Å². The molecule has 0 atom stereocenters. The van der Waals surface area contributed by atoms with Crippen molar-refractivity contribution in [1.82, 2.24) is 10.2 Å². The summed E-state index contributed by atoms with van der Waals surface area (Å²) in [5.74, 6) is -0.347. The minimum Gasteiger partial charge on any atom is -0.402 e. The van der Waals surface area contributed by atoms with Crippen molar-refractivity contribution >= 4 is 17.6 Å². The van der Waals surface area contributed by atoms with Crippen LogP contribution in [0.3, 0.4) is 0 Å². The Bertz CT molecular complexity index is 813. The highest BCUT2D eigenvalue weighted by molar-refractivity contribution is 6.30. The van der Waals surface area contributed by atoms with E-state index < -0.39 is 5.97 Å². The molecule has 2 aromatic carbocycles. The first-order chi connectivity index (χ1) is 11.1. The molecule has 0 N–H and O–H groups in total. The number of ether oxygens (including phenoxy) is 1. The molecular formula is C18H13ClN2O2. The molecule has 0 saturated heterocycles. The molecule has 0 spiro atoms. The van der Waals surface area contributed by atoms with E-state index in [4.69, 9.17) is 16.3 Å². The molecule has 0 fully saturated rings. The minimum absolute atomic E-state index is 0.154. The van der Waals surface area contributed by atoms with Crippen LogP contribution in [0.1, 0.15) is 15.9 Å². The Balaban J connectivity index is 1.73. The summed E-state index contributed by atoms with van der Waals surface area (Å²) in [4.78, 5) is 12.0. The van der Waals surface area contributed by atoms with Crippen LogP contribution in [-0.2, 0) is 0 Å². The number of rotatable bonds is 3. The fourth-order valence-corrected chi connectivity index (χ4v) is 2.12. The number of esters is 1. The zero-order valence-corrected chi connectivity index (χ0v) is 13.1. The van der Waals surface area contributed by atoms with Crippen molar-refractivity contribution < 1.29 is 9.53 Å². The average Bonchev–Trinajstić information content (AvgIpc) is 2.57. The standard InChI is InChI=1S/C18H13ClN2O2/c1-12-2-4-13(5-3-12)16-10-11-17(21-20-16)23-18(22)14-6-8-15(19)9-7-14/h2-11H,1H3. The van der Waals surface area contributed by atoms with E-state index in [1.165, 1.54) is 5.56 Å². The molecule has 114 valence electrons. The second-order valence-corrected chi connectivity index (χ2v) is 5.46. The summed E-state index contributed by atoms with van der Waals surface area (Å²) in [5.41, 5.74) is 3.25. The topological polar surface area (TPSA) is 52.1 Å². The summed E-state index contributed by atoms with van der Waals surface area (Å²) in [6, 6.07) is 17.8. The van der Waals surface area contributed by atoms with Gasteiger partial charge in [-0.15, -0.1) is 10.2 Å². The highest BCUT2D eigenvalue weighted by atomic mass is 35.5. The van der Waals surface area contributed by atoms with Gasteiger partial charge in [-0.3, -0.25) is 0 Å². The number of hydrogen-bond acceptors (Lipinski definition) is 4. The molecule has 1 aromatic heterocycles. The van der Waals surface area contributed by atoms with E-state index >= 15 is 0 Å². The summed E-state index contributed by atoms with van der Waals surface area (Å²) in [6.07, 6.45) is 0. The maximum absolute atomic E-state index is 12.0. The highest BCUT2D eigenvalue weighted by Crippen LogP contribution is 2.19. The second-order valence-electron chi connectivity index (χ2n) is 5.02. The number of aryl methyl sites for hydroxylation is 1. The average molecular weight is 325 g/mol. The van der Waals surface area contributed by atoms with Crippen molar-refractivity contribution in [3.8, 4) is 17.1 Å². The van der Waals surface area contributed by atoms with Crippen molar-refractivity contribution in [1.29, 1.82) is 0 Å². The van der Waals surface area contributed by atoms with Gasteiger partial charge in [0.15, 0.2) is 0 Å². The number of hydrogen-bond donors (Lipinski definition) is 0. The third kappa shape index (κ3) is 3.73. The minimum atomic E-state index is -0.501. The molecule has 0 unspecified atom stereocenters. The van der Waals surface area contributed by atoms with E-state index in [2.05, 4.69) is 10.2 Å². The first kappa shape index (κ1) is 15.2. The molecule has 0 aliphatic carbocycles. The fourth-order valence-electron chi connectivity index (χ4n) is 1.99. The predicted molar refractivity (Wildman–Crippen MR) is 88.6 cm³/mol. The van der Waals surface area contributed by atoms with E-state index in [9.17, 15) is 4.79 Å². The number of carbonyl (C=O) groups excluding carboxylic acids is 1. The molecule has 1 heterocycles. The molecule has 23 heavy (non-hydrogen) atoms. The molecule has 0 aliphatic rings. The van der Waals surface area contributed by atoms with Crippen molar-refractivity contribution in [2.75, 3.05) is 0 Å². The molecule has 0 aliphatic heterocycles. The third-order valence-electron chi connectivity index (χ3n) is 3.26. The molecule has 4 nitrogen and oxygen atoms in total. The molecule has 0 bridgehead atoms. The summed E-state index contributed by atoms with van der Waals surface area (Å²) < 4.78 is 5.19. The maximum atomic E-state index is 12.0. The van der Waals surface area contributed by atoms with Crippen molar-refractivity contribution in [2.24, 2.45) is 0 Å². The lowest BCUT2D eigenvalue weighted by atomic mass is 10.1. The maximum Gasteiger partial charge on any atom is 0.344 e. The molecular weight excluding hydrogens is 312 g/mol. The predicted octanol–water partition coefficient (Wildman–Crippen LogP) is 4.32. The van der Waals surface area contributed by atoms with Crippen LogP contribution >= 0.6 is 11.6 Å². The van der Waals surface area contributed by atoms with E-state index in [0.29, 0.717) is 10.6 Å². The van der Waals surface area contributed by atoms with Gasteiger partial charge in [0, 0.05) is 16.7 Å². The zero-order chi connectivity index (χ0) is 16.2. The molecule has 3 aromatic rings. The fraction of sp³-hybridized carbons (Fsp3) is 0.0556. The van der Waals surface area contributed by atoms with Crippen LogP contribution in [0.15, 0.2) is 60.7 Å². The van der Waals surface area contributed by atoms with Gasteiger partial charge < -0.3 is 4.74 Å². The van der Waals surface area contributed by atoms with Crippen LogP contribution in [0.2, 0.25) is 5.02 Å². The van der Waals surface area contributed by atoms with Crippen LogP contribution < -0.4 is 4.74 Å². The van der Waals surface area contributed by atoms with Crippen LogP contribution in [0, 0.1) is 6.92 Å². The van der Waals surface area contributed by atoms with E-state index in [1.807, 2.05) is 31.2 Å². The van der Waals surface area contributed by atoms with Crippen LogP contribution in [0.25, 0.3) is 11.3 Å². The third-order valence-corrected chi connectivity index (χ3v) is 3.52. The van der Waals surface area contributed by atoms with Crippen LogP contribution in [-0.4, -0.2) is 16.2 Å². The molecule has 0 amide bonds. The van der Waals surface area contributed by atoms with Crippen molar-refractivity contribution in [2.45, 2.75) is 6.92 Å². The van der Waals surface area contributed by atoms with Gasteiger partial charge in [-0.05, 0) is 37.3 Å². The van der Waals surface area contributed by atoms with E-state index in [1.54, 1.807) is 36.4 Å². The Morgan fingerprint density at radius 3 is 2.22 bits per heavy atom. The van der Waals surface area contributed by atoms with Gasteiger partial charge in [-0.1, -0.05) is 41.4 Å². The molecule has 0 radical (unpaired) electrons. The number of aromatic nitrogens is 2. The van der Waals surface area contributed by atoms with Crippen LogP contribution in [0.5, 0.6) is 5.88 Å². The van der Waals surface area contributed by atoms with Gasteiger partial charge in [0.1, 0.15) is 0 Å². The smallest absolute Gasteiger partial charge is 0.344 e. The summed E-state index contributed by atoms with van der Waals surface area (Å²) >= 11 is 5.79. The lowest BCUT2D eigenvalue weighted by Gasteiger charge is -2.04. The second kappa shape index (κ2) is 6.58. The Hall–Kier alpha value is -2.72. The number of benzene rings is 2. The summed E-state index contributed by atoms with van der Waals surface area (Å²) in [7, 11) is 0. The van der Waals surface area contributed by atoms with Gasteiger partial charge in [-0.2, -0.15) is 0 Å². The van der Waals surface area contributed by atoms with Gasteiger partial charge in [0.05, 0.1) is 11.3 Å². The largest absolute Gasteiger partial charge is 0.402 e. The zero-order valence-electron chi connectivity index (χ0n) is 12.4. The quantitative estimate of drug-likeness (QED) is 0.673. The first-order valence-electron chi connectivity index (χ1n) is 7.00. The number of carbonyl (C=O) groups is 1. The first-order valence-corrected chi connectivity index (χ1v) is 7.38. The monoisotopic (exact) mass is 324 g/mol. The van der Waals surface area contributed by atoms with E-state index in [-0.39, 0.29) is 5.88 Å². The lowest BCUT2D eigenvalue weighted by molar-refractivity contribution is 0.0726. The van der Waals surface area contributed by atoms with Gasteiger partial charge in [0.25, 0.3) is 0 Å². The lowest BCUT2D eigenvalue weighted by Crippen LogP contribution is -2.09. The SMILES string of the molecule is Cc1ccc(-c2ccc(OC(=O)c3ccc(Cl)cc3)nn2)cc1. The number of nitrogens with zero attached hydrogens (tertiary/aromatic N) is 2. The summed E-state index contributed by atoms with van der Waals surface area (Å²) in [5, 5.41) is 8.59. The molecule has 0 saturated carbocycles. The van der Waals surface area contributed by atoms with Crippen LogP contribution in [0.4, 0.5) is 0 Å². The van der Waals surface area contributed by atoms with Crippen molar-refractivity contribution in [3.63, 3.8) is 0 Å². The Kier molecular flexibility index (Phi) is 4.35. The Morgan fingerprint density at radius 2 is 1.61 bits per heavy atom.